The second-order valence-corrected chi connectivity index (χ2v) is 9.12. The van der Waals surface area contributed by atoms with E-state index in [0.29, 0.717) is 35.1 Å². The first-order valence-electron chi connectivity index (χ1n) is 11.4. The molecule has 35 heavy (non-hydrogen) atoms. The molecule has 0 aliphatic carbocycles. The number of piperidine rings is 1. The number of benzene rings is 1. The standard InChI is InChI=1S/C24H26ClN9O/c1-14-10-22(33-32-14)30-23-19(25)12-28-24(31-23)29-20-3-2-16(17-4-7-27-11-18(17)20)15-5-8-34(9-6-15)13-21(26)35/h2-4,7,10-12,15H,5-6,8-9,13H2,1H3,(H2,26,35)(H3,28,29,30,31,32,33). The molecule has 11 heteroatoms. The molecule has 0 radical (unpaired) electrons. The summed E-state index contributed by atoms with van der Waals surface area (Å²) in [6.45, 7) is 3.94. The summed E-state index contributed by atoms with van der Waals surface area (Å²) in [6.07, 6.45) is 7.15. The van der Waals surface area contributed by atoms with Crippen molar-refractivity contribution in [2.24, 2.45) is 5.73 Å². The highest BCUT2D eigenvalue weighted by Gasteiger charge is 2.23. The van der Waals surface area contributed by atoms with Crippen molar-refractivity contribution >= 4 is 51.6 Å². The number of aromatic nitrogens is 5. The van der Waals surface area contributed by atoms with Crippen LogP contribution in [0.1, 0.15) is 30.0 Å². The Labute approximate surface area is 207 Å². The Balaban J connectivity index is 1.39. The summed E-state index contributed by atoms with van der Waals surface area (Å²) in [6, 6.07) is 8.10. The predicted octanol–water partition coefficient (Wildman–Crippen LogP) is 3.86. The van der Waals surface area contributed by atoms with Crippen LogP contribution in [0.3, 0.4) is 0 Å². The van der Waals surface area contributed by atoms with Gasteiger partial charge in [-0.3, -0.25) is 19.8 Å². The lowest BCUT2D eigenvalue weighted by Gasteiger charge is -2.32. The van der Waals surface area contributed by atoms with E-state index in [2.05, 4.69) is 46.7 Å². The summed E-state index contributed by atoms with van der Waals surface area (Å²) < 4.78 is 0. The zero-order chi connectivity index (χ0) is 24.4. The van der Waals surface area contributed by atoms with Gasteiger partial charge in [-0.1, -0.05) is 17.7 Å². The van der Waals surface area contributed by atoms with E-state index in [4.69, 9.17) is 17.3 Å². The lowest BCUT2D eigenvalue weighted by atomic mass is 9.86. The highest BCUT2D eigenvalue weighted by molar-refractivity contribution is 6.32. The number of rotatable bonds is 7. The largest absolute Gasteiger partial charge is 0.369 e. The fourth-order valence-electron chi connectivity index (χ4n) is 4.54. The molecule has 180 valence electrons. The van der Waals surface area contributed by atoms with Crippen LogP contribution in [0.5, 0.6) is 0 Å². The van der Waals surface area contributed by atoms with Crippen LogP contribution >= 0.6 is 11.6 Å². The number of nitrogens with two attached hydrogens (primary N) is 1. The number of hydrogen-bond donors (Lipinski definition) is 4. The molecule has 0 unspecified atom stereocenters. The average molecular weight is 492 g/mol. The Bertz CT molecular complexity index is 1360. The number of aryl methyl sites for hydroxylation is 1. The van der Waals surface area contributed by atoms with Gasteiger partial charge >= 0.3 is 0 Å². The normalized spacial score (nSPS) is 14.8. The first-order chi connectivity index (χ1) is 17.0. The number of halogens is 1. The van der Waals surface area contributed by atoms with Gasteiger partial charge in [-0.15, -0.1) is 0 Å². The van der Waals surface area contributed by atoms with Gasteiger partial charge in [0.1, 0.15) is 5.02 Å². The zero-order valence-electron chi connectivity index (χ0n) is 19.3. The number of carbonyl (C=O) groups is 1. The number of pyridine rings is 1. The summed E-state index contributed by atoms with van der Waals surface area (Å²) in [5.74, 6) is 1.60. The molecule has 1 amide bonds. The summed E-state index contributed by atoms with van der Waals surface area (Å²) in [7, 11) is 0. The smallest absolute Gasteiger partial charge is 0.231 e. The zero-order valence-corrected chi connectivity index (χ0v) is 20.0. The van der Waals surface area contributed by atoms with E-state index >= 15 is 0 Å². The van der Waals surface area contributed by atoms with E-state index in [1.165, 1.54) is 5.56 Å². The maximum atomic E-state index is 11.3. The second-order valence-electron chi connectivity index (χ2n) is 8.72. The molecule has 4 aromatic rings. The van der Waals surface area contributed by atoms with Gasteiger partial charge in [-0.2, -0.15) is 10.1 Å². The lowest BCUT2D eigenvalue weighted by Crippen LogP contribution is -2.39. The molecular formula is C24H26ClN9O. The molecule has 0 saturated carbocycles. The fourth-order valence-corrected chi connectivity index (χ4v) is 4.68. The quantitative estimate of drug-likeness (QED) is 0.306. The molecule has 4 heterocycles. The molecule has 10 nitrogen and oxygen atoms in total. The number of fused-ring (bicyclic) bond motifs is 1. The van der Waals surface area contributed by atoms with Gasteiger partial charge in [0.05, 0.1) is 18.4 Å². The first-order valence-corrected chi connectivity index (χ1v) is 11.8. The second kappa shape index (κ2) is 9.85. The number of hydrogen-bond acceptors (Lipinski definition) is 8. The van der Waals surface area contributed by atoms with Crippen molar-refractivity contribution in [1.82, 2.24) is 30.0 Å². The lowest BCUT2D eigenvalue weighted by molar-refractivity contribution is -0.119. The number of carbonyl (C=O) groups excluding carboxylic acids is 1. The van der Waals surface area contributed by atoms with E-state index in [0.717, 1.165) is 48.1 Å². The molecule has 5 rings (SSSR count). The maximum Gasteiger partial charge on any atom is 0.231 e. The van der Waals surface area contributed by atoms with Crippen molar-refractivity contribution in [2.75, 3.05) is 30.3 Å². The Kier molecular flexibility index (Phi) is 6.47. The van der Waals surface area contributed by atoms with Gasteiger partial charge in [0.25, 0.3) is 0 Å². The van der Waals surface area contributed by atoms with Crippen molar-refractivity contribution in [2.45, 2.75) is 25.7 Å². The fraction of sp³-hybridized carbons (Fsp3) is 0.292. The van der Waals surface area contributed by atoms with Crippen molar-refractivity contribution in [1.29, 1.82) is 0 Å². The van der Waals surface area contributed by atoms with Crippen LogP contribution in [-0.2, 0) is 4.79 Å². The van der Waals surface area contributed by atoms with Crippen LogP contribution < -0.4 is 16.4 Å². The number of amides is 1. The summed E-state index contributed by atoms with van der Waals surface area (Å²) in [5, 5.41) is 16.0. The Morgan fingerprint density at radius 3 is 2.77 bits per heavy atom. The number of aromatic amines is 1. The van der Waals surface area contributed by atoms with Crippen molar-refractivity contribution in [3.8, 4) is 0 Å². The van der Waals surface area contributed by atoms with Gasteiger partial charge < -0.3 is 16.4 Å². The van der Waals surface area contributed by atoms with Crippen LogP contribution in [0, 0.1) is 6.92 Å². The van der Waals surface area contributed by atoms with E-state index < -0.39 is 0 Å². The van der Waals surface area contributed by atoms with E-state index in [9.17, 15) is 4.79 Å². The predicted molar refractivity (Wildman–Crippen MR) is 136 cm³/mol. The van der Waals surface area contributed by atoms with Crippen LogP contribution in [0.4, 0.5) is 23.3 Å². The molecular weight excluding hydrogens is 466 g/mol. The van der Waals surface area contributed by atoms with E-state index in [1.54, 1.807) is 6.20 Å². The van der Waals surface area contributed by atoms with Gasteiger partial charge in [-0.05, 0) is 61.9 Å². The SMILES string of the molecule is Cc1cc(Nc2nc(Nc3ccc(C4CCN(CC(N)=O)CC4)c4ccncc34)ncc2Cl)n[nH]1. The van der Waals surface area contributed by atoms with Crippen molar-refractivity contribution in [3.05, 3.63) is 59.1 Å². The highest BCUT2D eigenvalue weighted by Crippen LogP contribution is 2.36. The minimum Gasteiger partial charge on any atom is -0.369 e. The van der Waals surface area contributed by atoms with Crippen LogP contribution in [0.2, 0.25) is 5.02 Å². The Morgan fingerprint density at radius 1 is 1.20 bits per heavy atom. The third-order valence-corrected chi connectivity index (χ3v) is 6.48. The number of primary amides is 1. The number of H-pyrrole nitrogens is 1. The molecule has 1 aliphatic rings. The molecule has 1 aliphatic heterocycles. The topological polar surface area (TPSA) is 138 Å². The summed E-state index contributed by atoms with van der Waals surface area (Å²) >= 11 is 6.30. The van der Waals surface area contributed by atoms with Crippen LogP contribution in [0.15, 0.2) is 42.9 Å². The molecule has 0 spiro atoms. The van der Waals surface area contributed by atoms with Crippen LogP contribution in [-0.4, -0.2) is 55.6 Å². The van der Waals surface area contributed by atoms with Crippen LogP contribution in [0.25, 0.3) is 10.8 Å². The summed E-state index contributed by atoms with van der Waals surface area (Å²) in [5.41, 5.74) is 8.42. The van der Waals surface area contributed by atoms with Gasteiger partial charge in [0, 0.05) is 29.5 Å². The molecule has 0 atom stereocenters. The number of likely N-dealkylation sites (tertiary alicyclic amines) is 1. The highest BCUT2D eigenvalue weighted by atomic mass is 35.5. The monoisotopic (exact) mass is 491 g/mol. The number of nitrogens with one attached hydrogen (secondary N) is 3. The number of nitrogens with zero attached hydrogens (tertiary/aromatic N) is 5. The first kappa shape index (κ1) is 23.0. The maximum absolute atomic E-state index is 11.3. The van der Waals surface area contributed by atoms with Gasteiger partial charge in [0.2, 0.25) is 11.9 Å². The molecule has 0 bridgehead atoms. The Morgan fingerprint density at radius 2 is 2.03 bits per heavy atom. The van der Waals surface area contributed by atoms with E-state index in [1.807, 2.05) is 37.5 Å². The van der Waals surface area contributed by atoms with Gasteiger partial charge in [0.15, 0.2) is 11.6 Å². The third kappa shape index (κ3) is 5.18. The summed E-state index contributed by atoms with van der Waals surface area (Å²) in [4.78, 5) is 26.6. The molecule has 1 aromatic carbocycles. The van der Waals surface area contributed by atoms with Crippen molar-refractivity contribution < 1.29 is 4.79 Å². The minimum absolute atomic E-state index is 0.280. The van der Waals surface area contributed by atoms with Crippen molar-refractivity contribution in [3.63, 3.8) is 0 Å². The van der Waals surface area contributed by atoms with E-state index in [-0.39, 0.29) is 5.91 Å². The molecule has 5 N–H and O–H groups in total. The Hall–Kier alpha value is -3.76. The molecule has 1 saturated heterocycles. The minimum atomic E-state index is -0.280. The molecule has 3 aromatic heterocycles. The molecule has 1 fully saturated rings. The number of anilines is 4. The average Bonchev–Trinajstić information content (AvgIpc) is 3.26. The third-order valence-electron chi connectivity index (χ3n) is 6.20. The van der Waals surface area contributed by atoms with Gasteiger partial charge in [-0.25, -0.2) is 4.98 Å².